The Bertz CT molecular complexity index is 532. The Morgan fingerprint density at radius 1 is 1.00 bits per heavy atom. The minimum Gasteiger partial charge on any atom is -0.396 e. The quantitative estimate of drug-likeness (QED) is 0.824. The van der Waals surface area contributed by atoms with Gasteiger partial charge in [-0.05, 0) is 18.1 Å². The molecule has 0 bridgehead atoms. The molecule has 0 aliphatic carbocycles. The van der Waals surface area contributed by atoms with Gasteiger partial charge in [0.1, 0.15) is 0 Å². The first-order valence-electron chi connectivity index (χ1n) is 7.18. The van der Waals surface area contributed by atoms with Gasteiger partial charge in [-0.15, -0.1) is 0 Å². The number of anilines is 1. The van der Waals surface area contributed by atoms with Crippen LogP contribution in [0.5, 0.6) is 0 Å². The molecule has 2 N–H and O–H groups in total. The minimum atomic E-state index is -0.0796. The van der Waals surface area contributed by atoms with Crippen molar-refractivity contribution in [1.82, 2.24) is 0 Å². The lowest BCUT2D eigenvalue weighted by Gasteiger charge is -2.27. The lowest BCUT2D eigenvalue weighted by atomic mass is 9.88. The zero-order valence-electron chi connectivity index (χ0n) is 12.3. The molecule has 1 atom stereocenters. The largest absolute Gasteiger partial charge is 0.396 e. The fraction of sp³-hybridized carbons (Fsp3) is 0.333. The standard InChI is InChI=1S/C18H23NO/c1-3-18(2,14-20)13-19-17-12-8-7-11-16(17)15-9-5-4-6-10-15/h4-12,19-20H,3,13-14H2,1-2H3. The number of rotatable bonds is 6. The van der Waals surface area contributed by atoms with Gasteiger partial charge in [-0.2, -0.15) is 0 Å². The lowest BCUT2D eigenvalue weighted by Crippen LogP contribution is -2.29. The maximum atomic E-state index is 9.51. The molecule has 2 rings (SSSR count). The fourth-order valence-corrected chi connectivity index (χ4v) is 2.11. The first-order chi connectivity index (χ1) is 9.68. The summed E-state index contributed by atoms with van der Waals surface area (Å²) in [6, 6.07) is 18.7. The van der Waals surface area contributed by atoms with Crippen molar-refractivity contribution in [2.24, 2.45) is 5.41 Å². The van der Waals surface area contributed by atoms with E-state index in [4.69, 9.17) is 0 Å². The first kappa shape index (κ1) is 14.6. The van der Waals surface area contributed by atoms with Crippen LogP contribution in [0, 0.1) is 5.41 Å². The predicted octanol–water partition coefficient (Wildman–Crippen LogP) is 4.17. The third-order valence-corrected chi connectivity index (χ3v) is 3.95. The van der Waals surface area contributed by atoms with Crippen LogP contribution in [0.25, 0.3) is 11.1 Å². The molecule has 2 heteroatoms. The Morgan fingerprint density at radius 3 is 2.30 bits per heavy atom. The molecule has 1 unspecified atom stereocenters. The average molecular weight is 269 g/mol. The van der Waals surface area contributed by atoms with Gasteiger partial charge in [0.15, 0.2) is 0 Å². The maximum absolute atomic E-state index is 9.51. The summed E-state index contributed by atoms with van der Waals surface area (Å²) in [5.74, 6) is 0. The highest BCUT2D eigenvalue weighted by Crippen LogP contribution is 2.29. The summed E-state index contributed by atoms with van der Waals surface area (Å²) in [6.07, 6.45) is 0.948. The molecule has 106 valence electrons. The number of aliphatic hydroxyl groups excluding tert-OH is 1. The monoisotopic (exact) mass is 269 g/mol. The summed E-state index contributed by atoms with van der Waals surface area (Å²) in [7, 11) is 0. The van der Waals surface area contributed by atoms with Crippen molar-refractivity contribution in [1.29, 1.82) is 0 Å². The molecule has 0 saturated carbocycles. The van der Waals surface area contributed by atoms with Gasteiger partial charge in [-0.25, -0.2) is 0 Å². The Hall–Kier alpha value is -1.80. The molecule has 0 heterocycles. The van der Waals surface area contributed by atoms with E-state index >= 15 is 0 Å². The van der Waals surface area contributed by atoms with Gasteiger partial charge in [0.25, 0.3) is 0 Å². The van der Waals surface area contributed by atoms with Crippen LogP contribution in [0.2, 0.25) is 0 Å². The van der Waals surface area contributed by atoms with Crippen LogP contribution in [-0.4, -0.2) is 18.3 Å². The lowest BCUT2D eigenvalue weighted by molar-refractivity contribution is 0.149. The first-order valence-corrected chi connectivity index (χ1v) is 7.18. The molecule has 2 aromatic carbocycles. The molecule has 0 aromatic heterocycles. The van der Waals surface area contributed by atoms with Crippen LogP contribution < -0.4 is 5.32 Å². The van der Waals surface area contributed by atoms with Gasteiger partial charge >= 0.3 is 0 Å². The van der Waals surface area contributed by atoms with Gasteiger partial charge in [-0.3, -0.25) is 0 Å². The summed E-state index contributed by atoms with van der Waals surface area (Å²) >= 11 is 0. The predicted molar refractivity (Wildman–Crippen MR) is 85.9 cm³/mol. The zero-order valence-corrected chi connectivity index (χ0v) is 12.3. The molecular formula is C18H23NO. The second-order valence-electron chi connectivity index (χ2n) is 5.59. The van der Waals surface area contributed by atoms with Crippen LogP contribution in [0.3, 0.4) is 0 Å². The van der Waals surface area contributed by atoms with Gasteiger partial charge in [0, 0.05) is 23.2 Å². The summed E-state index contributed by atoms with van der Waals surface area (Å²) in [5, 5.41) is 13.0. The van der Waals surface area contributed by atoms with Gasteiger partial charge < -0.3 is 10.4 Å². The highest BCUT2D eigenvalue weighted by Gasteiger charge is 2.20. The number of nitrogens with one attached hydrogen (secondary N) is 1. The Morgan fingerprint density at radius 2 is 1.65 bits per heavy atom. The summed E-state index contributed by atoms with van der Waals surface area (Å²) in [6.45, 7) is 5.18. The molecule has 2 aromatic rings. The Kier molecular flexibility index (Phi) is 4.80. The number of aliphatic hydroxyl groups is 1. The van der Waals surface area contributed by atoms with Crippen molar-refractivity contribution < 1.29 is 5.11 Å². The van der Waals surface area contributed by atoms with Crippen LogP contribution in [-0.2, 0) is 0 Å². The van der Waals surface area contributed by atoms with Crippen molar-refractivity contribution in [3.8, 4) is 11.1 Å². The third kappa shape index (κ3) is 3.40. The summed E-state index contributed by atoms with van der Waals surface area (Å²) < 4.78 is 0. The van der Waals surface area contributed by atoms with E-state index in [-0.39, 0.29) is 12.0 Å². The molecule has 0 aliphatic rings. The number of hydrogen-bond acceptors (Lipinski definition) is 2. The van der Waals surface area contributed by atoms with E-state index in [1.54, 1.807) is 0 Å². The molecular weight excluding hydrogens is 246 g/mol. The van der Waals surface area contributed by atoms with Crippen molar-refractivity contribution in [2.75, 3.05) is 18.5 Å². The molecule has 0 saturated heterocycles. The maximum Gasteiger partial charge on any atom is 0.0501 e. The molecule has 0 aliphatic heterocycles. The molecule has 2 nitrogen and oxygen atoms in total. The fourth-order valence-electron chi connectivity index (χ4n) is 2.11. The normalized spacial score (nSPS) is 13.8. The van der Waals surface area contributed by atoms with Crippen LogP contribution >= 0.6 is 0 Å². The number of hydrogen-bond donors (Lipinski definition) is 2. The molecule has 20 heavy (non-hydrogen) atoms. The van der Waals surface area contributed by atoms with E-state index in [9.17, 15) is 5.11 Å². The van der Waals surface area contributed by atoms with Crippen molar-refractivity contribution in [2.45, 2.75) is 20.3 Å². The Balaban J connectivity index is 2.21. The third-order valence-electron chi connectivity index (χ3n) is 3.95. The molecule has 0 amide bonds. The smallest absolute Gasteiger partial charge is 0.0501 e. The Labute approximate surface area is 121 Å². The van der Waals surface area contributed by atoms with Crippen LogP contribution in [0.15, 0.2) is 54.6 Å². The van der Waals surface area contributed by atoms with Gasteiger partial charge in [-0.1, -0.05) is 62.4 Å². The molecule has 0 fully saturated rings. The van der Waals surface area contributed by atoms with Crippen molar-refractivity contribution >= 4 is 5.69 Å². The number of benzene rings is 2. The van der Waals surface area contributed by atoms with Gasteiger partial charge in [0.2, 0.25) is 0 Å². The topological polar surface area (TPSA) is 32.3 Å². The highest BCUT2D eigenvalue weighted by atomic mass is 16.3. The van der Waals surface area contributed by atoms with Crippen molar-refractivity contribution in [3.05, 3.63) is 54.6 Å². The van der Waals surface area contributed by atoms with Gasteiger partial charge in [0.05, 0.1) is 6.61 Å². The zero-order chi connectivity index (χ0) is 14.4. The second kappa shape index (κ2) is 6.58. The molecule has 0 spiro atoms. The van der Waals surface area contributed by atoms with E-state index in [0.29, 0.717) is 0 Å². The highest BCUT2D eigenvalue weighted by molar-refractivity contribution is 5.77. The average Bonchev–Trinajstić information content (AvgIpc) is 2.54. The van der Waals surface area contributed by atoms with E-state index in [2.05, 4.69) is 61.6 Å². The van der Waals surface area contributed by atoms with Crippen LogP contribution in [0.1, 0.15) is 20.3 Å². The molecule has 0 radical (unpaired) electrons. The van der Waals surface area contributed by atoms with Crippen molar-refractivity contribution in [3.63, 3.8) is 0 Å². The van der Waals surface area contributed by atoms with Crippen LogP contribution in [0.4, 0.5) is 5.69 Å². The SMILES string of the molecule is CCC(C)(CO)CNc1ccccc1-c1ccccc1. The van der Waals surface area contributed by atoms with E-state index < -0.39 is 0 Å². The summed E-state index contributed by atoms with van der Waals surface area (Å²) in [5.41, 5.74) is 3.44. The van der Waals surface area contributed by atoms with E-state index in [0.717, 1.165) is 18.7 Å². The van der Waals surface area contributed by atoms with E-state index in [1.807, 2.05) is 12.1 Å². The van der Waals surface area contributed by atoms with E-state index in [1.165, 1.54) is 11.1 Å². The number of para-hydroxylation sites is 1. The second-order valence-corrected chi connectivity index (χ2v) is 5.59. The minimum absolute atomic E-state index is 0.0796. The summed E-state index contributed by atoms with van der Waals surface area (Å²) in [4.78, 5) is 0.